The van der Waals surface area contributed by atoms with Crippen LogP contribution in [0.3, 0.4) is 0 Å². The lowest BCUT2D eigenvalue weighted by Crippen LogP contribution is -1.91. The Hall–Kier alpha value is -0.890. The normalized spacial score (nSPS) is 18.0. The number of hydrogen-bond donors (Lipinski definition) is 1. The molecule has 0 atom stereocenters. The molecule has 2 rings (SSSR count). The predicted octanol–water partition coefficient (Wildman–Crippen LogP) is 2.14. The molecule has 1 heterocycles. The van der Waals surface area contributed by atoms with E-state index in [-0.39, 0.29) is 0 Å². The maximum Gasteiger partial charge on any atom is 0.0501 e. The van der Waals surface area contributed by atoms with Crippen molar-refractivity contribution in [3.8, 4) is 0 Å². The van der Waals surface area contributed by atoms with E-state index in [0.29, 0.717) is 0 Å². The van der Waals surface area contributed by atoms with Crippen LogP contribution in [0.15, 0.2) is 40.8 Å². The highest BCUT2D eigenvalue weighted by Gasteiger charge is 1.98. The summed E-state index contributed by atoms with van der Waals surface area (Å²) >= 11 is 0.830. The molecule has 1 aromatic rings. The summed E-state index contributed by atoms with van der Waals surface area (Å²) < 4.78 is 0. The van der Waals surface area contributed by atoms with Gasteiger partial charge in [-0.15, -0.1) is 0 Å². The Morgan fingerprint density at radius 2 is 2.10 bits per heavy atom. The van der Waals surface area contributed by atoms with E-state index < -0.39 is 0 Å². The molecular weight excluding hydrogens is 142 g/mol. The van der Waals surface area contributed by atoms with Gasteiger partial charge in [-0.25, -0.2) is 11.8 Å². The number of nitrogens with one attached hydrogen (secondary N) is 1. The van der Waals surface area contributed by atoms with Crippen LogP contribution in [0.5, 0.6) is 0 Å². The van der Waals surface area contributed by atoms with Crippen molar-refractivity contribution in [2.75, 3.05) is 5.32 Å². The molecule has 2 heteroatoms. The highest BCUT2D eigenvalue weighted by atomic mass is 32.2. The summed E-state index contributed by atoms with van der Waals surface area (Å²) in [5.41, 5.74) is 1.25. The van der Waals surface area contributed by atoms with Gasteiger partial charge in [-0.3, -0.25) is 0 Å². The maximum atomic E-state index is 3.19. The second-order valence-electron chi connectivity index (χ2n) is 2.17. The van der Waals surface area contributed by atoms with E-state index in [1.54, 1.807) is 0 Å². The molecule has 0 bridgehead atoms. The number of fused-ring (bicyclic) bond motifs is 1. The molecule has 1 aliphatic heterocycles. The highest BCUT2D eigenvalue weighted by Crippen LogP contribution is 2.30. The van der Waals surface area contributed by atoms with Crippen LogP contribution >= 0.6 is 11.8 Å². The zero-order chi connectivity index (χ0) is 6.81. The van der Waals surface area contributed by atoms with Crippen molar-refractivity contribution in [3.05, 3.63) is 35.9 Å². The van der Waals surface area contributed by atoms with Crippen molar-refractivity contribution in [2.45, 2.75) is 4.90 Å². The average molecular weight is 151 g/mol. The van der Waals surface area contributed by atoms with Gasteiger partial charge in [0.1, 0.15) is 0 Å². The number of benzene rings is 1. The largest absolute Gasteiger partial charge is 0.360 e. The van der Waals surface area contributed by atoms with Gasteiger partial charge in [0.15, 0.2) is 0 Å². The molecule has 1 aromatic carbocycles. The van der Waals surface area contributed by atoms with Gasteiger partial charge in [-0.1, -0.05) is 12.1 Å². The fraction of sp³-hybridized carbons (Fsp3) is 0. The Kier molecular flexibility index (Phi) is 1.40. The fourth-order valence-corrected chi connectivity index (χ4v) is 1.85. The number of rotatable bonds is 0. The third-order valence-electron chi connectivity index (χ3n) is 1.49. The minimum atomic E-state index is 0.830. The lowest BCUT2D eigenvalue weighted by molar-refractivity contribution is 1.41. The standard InChI is InChI=1S/C8H9NS/c1-2-4-8-7(3-1)9-5-6-10-8/h1-6,9H,10H2. The number of hydrogen-bond acceptors (Lipinski definition) is 1. The Morgan fingerprint density at radius 1 is 1.20 bits per heavy atom. The van der Waals surface area contributed by atoms with Crippen LogP contribution < -0.4 is 5.32 Å². The molecule has 1 aliphatic rings. The van der Waals surface area contributed by atoms with Crippen LogP contribution in [0.25, 0.3) is 0 Å². The van der Waals surface area contributed by atoms with Crippen molar-refractivity contribution in [2.24, 2.45) is 0 Å². The molecular formula is C8H9NS. The topological polar surface area (TPSA) is 12.0 Å². The van der Waals surface area contributed by atoms with E-state index in [1.165, 1.54) is 10.6 Å². The summed E-state index contributed by atoms with van der Waals surface area (Å²) in [7, 11) is 0. The van der Waals surface area contributed by atoms with Crippen molar-refractivity contribution in [1.29, 1.82) is 0 Å². The van der Waals surface area contributed by atoms with Gasteiger partial charge in [0, 0.05) is 11.1 Å². The molecule has 0 aromatic heterocycles. The van der Waals surface area contributed by atoms with Gasteiger partial charge in [-0.2, -0.15) is 0 Å². The Morgan fingerprint density at radius 3 is 3.00 bits per heavy atom. The molecule has 0 spiro atoms. The van der Waals surface area contributed by atoms with Crippen LogP contribution in [-0.2, 0) is 0 Å². The monoisotopic (exact) mass is 151 g/mol. The molecule has 0 amide bonds. The van der Waals surface area contributed by atoms with Crippen molar-refractivity contribution in [3.63, 3.8) is 0 Å². The first-order chi connectivity index (χ1) is 4.97. The molecule has 0 saturated carbocycles. The van der Waals surface area contributed by atoms with Crippen molar-refractivity contribution >= 4 is 17.4 Å². The fourth-order valence-electron chi connectivity index (χ4n) is 0.998. The molecule has 0 radical (unpaired) electrons. The van der Waals surface area contributed by atoms with E-state index in [9.17, 15) is 0 Å². The summed E-state index contributed by atoms with van der Waals surface area (Å²) in [5.74, 6) is 0. The zero-order valence-corrected chi connectivity index (χ0v) is 6.46. The summed E-state index contributed by atoms with van der Waals surface area (Å²) in [4.78, 5) is 1.41. The highest BCUT2D eigenvalue weighted by molar-refractivity contribution is 8.02. The van der Waals surface area contributed by atoms with Crippen LogP contribution in [0.1, 0.15) is 0 Å². The molecule has 10 heavy (non-hydrogen) atoms. The van der Waals surface area contributed by atoms with Crippen molar-refractivity contribution < 1.29 is 0 Å². The van der Waals surface area contributed by atoms with Crippen LogP contribution in [0.2, 0.25) is 0 Å². The molecule has 0 unspecified atom stereocenters. The van der Waals surface area contributed by atoms with E-state index in [2.05, 4.69) is 35.0 Å². The minimum absolute atomic E-state index is 0.830. The van der Waals surface area contributed by atoms with E-state index in [1.807, 2.05) is 6.20 Å². The van der Waals surface area contributed by atoms with Gasteiger partial charge >= 0.3 is 0 Å². The number of para-hydroxylation sites is 1. The zero-order valence-electron chi connectivity index (χ0n) is 5.46. The number of anilines is 1. The molecule has 1 N–H and O–H groups in total. The smallest absolute Gasteiger partial charge is 0.0501 e. The third kappa shape index (κ3) is 0.907. The van der Waals surface area contributed by atoms with Gasteiger partial charge < -0.3 is 5.32 Å². The van der Waals surface area contributed by atoms with Crippen LogP contribution in [0.4, 0.5) is 5.69 Å². The SMILES string of the molecule is C1=C[SH2]c2ccccc2N1. The third-order valence-corrected chi connectivity index (χ3v) is 2.57. The van der Waals surface area contributed by atoms with Gasteiger partial charge in [-0.05, 0) is 17.5 Å². The average Bonchev–Trinajstić information content (AvgIpc) is 2.05. The second kappa shape index (κ2) is 2.39. The van der Waals surface area contributed by atoms with Crippen LogP contribution in [-0.4, -0.2) is 0 Å². The summed E-state index contributed by atoms with van der Waals surface area (Å²) in [6.07, 6.45) is 2.00. The molecule has 52 valence electrons. The van der Waals surface area contributed by atoms with Gasteiger partial charge in [0.2, 0.25) is 0 Å². The van der Waals surface area contributed by atoms with Gasteiger partial charge in [0.05, 0.1) is 5.69 Å². The lowest BCUT2D eigenvalue weighted by atomic mass is 10.3. The quantitative estimate of drug-likeness (QED) is 0.599. The van der Waals surface area contributed by atoms with Crippen LogP contribution in [0, 0.1) is 0 Å². The van der Waals surface area contributed by atoms with Crippen molar-refractivity contribution in [1.82, 2.24) is 0 Å². The Bertz CT molecular complexity index is 241. The molecule has 1 nitrogen and oxygen atoms in total. The minimum Gasteiger partial charge on any atom is -0.360 e. The predicted molar refractivity (Wildman–Crippen MR) is 47.9 cm³/mol. The van der Waals surface area contributed by atoms with E-state index in [0.717, 1.165) is 11.8 Å². The van der Waals surface area contributed by atoms with Gasteiger partial charge in [0.25, 0.3) is 0 Å². The van der Waals surface area contributed by atoms with E-state index >= 15 is 0 Å². The lowest BCUT2D eigenvalue weighted by Gasteiger charge is -2.12. The summed E-state index contributed by atoms with van der Waals surface area (Å²) in [6.45, 7) is 0. The molecule has 0 fully saturated rings. The summed E-state index contributed by atoms with van der Waals surface area (Å²) in [5, 5.41) is 5.34. The first kappa shape index (κ1) is 5.86. The Labute approximate surface area is 64.1 Å². The first-order valence-electron chi connectivity index (χ1n) is 3.24. The van der Waals surface area contributed by atoms with E-state index in [4.69, 9.17) is 0 Å². The Balaban J connectivity index is 2.47. The first-order valence-corrected chi connectivity index (χ1v) is 4.32. The second-order valence-corrected chi connectivity index (χ2v) is 3.33. The summed E-state index contributed by atoms with van der Waals surface area (Å²) in [6, 6.07) is 8.39. The maximum absolute atomic E-state index is 3.19. The molecule has 0 saturated heterocycles. The molecule has 0 aliphatic carbocycles.